The molecule has 4 rings (SSSR count). The molecule has 2 saturated heterocycles. The molecule has 1 atom stereocenters. The van der Waals surface area contributed by atoms with Crippen molar-refractivity contribution in [2.75, 3.05) is 26.2 Å². The fourth-order valence-corrected chi connectivity index (χ4v) is 4.39. The van der Waals surface area contributed by atoms with Crippen molar-refractivity contribution in [3.05, 3.63) is 54.4 Å². The normalized spacial score (nSPS) is 20.7. The van der Waals surface area contributed by atoms with Gasteiger partial charge < -0.3 is 9.80 Å². The zero-order valence-corrected chi connectivity index (χ0v) is 16.2. The Hall–Kier alpha value is -2.63. The van der Waals surface area contributed by atoms with Crippen molar-refractivity contribution < 1.29 is 9.59 Å². The molecular weight excluding hydrogens is 352 g/mol. The second-order valence-corrected chi connectivity index (χ2v) is 8.09. The molecule has 3 heterocycles. The summed E-state index contributed by atoms with van der Waals surface area (Å²) in [5.41, 5.74) is 1.26. The first-order chi connectivity index (χ1) is 13.7. The van der Waals surface area contributed by atoms with E-state index in [1.54, 1.807) is 11.1 Å². The summed E-state index contributed by atoms with van der Waals surface area (Å²) in [7, 11) is 0. The van der Waals surface area contributed by atoms with Crippen LogP contribution in [0.25, 0.3) is 0 Å². The maximum absolute atomic E-state index is 12.7. The predicted octanol–water partition coefficient (Wildman–Crippen LogP) is 2.21. The lowest BCUT2D eigenvalue weighted by atomic mass is 9.97. The molecule has 1 aromatic carbocycles. The van der Waals surface area contributed by atoms with Gasteiger partial charge in [0.2, 0.25) is 11.8 Å². The zero-order valence-electron chi connectivity index (χ0n) is 16.2. The van der Waals surface area contributed by atoms with Crippen LogP contribution in [0.4, 0.5) is 0 Å². The first-order valence-corrected chi connectivity index (χ1v) is 10.2. The van der Waals surface area contributed by atoms with Gasteiger partial charge in [-0.3, -0.25) is 14.3 Å². The van der Waals surface area contributed by atoms with Crippen LogP contribution >= 0.6 is 0 Å². The third-order valence-electron chi connectivity index (χ3n) is 5.96. The van der Waals surface area contributed by atoms with Gasteiger partial charge in [0.05, 0.1) is 6.54 Å². The van der Waals surface area contributed by atoms with Gasteiger partial charge in [-0.1, -0.05) is 30.3 Å². The Morgan fingerprint density at radius 2 is 1.86 bits per heavy atom. The molecule has 0 aliphatic carbocycles. The molecule has 2 aliphatic rings. The van der Waals surface area contributed by atoms with Gasteiger partial charge in [0.25, 0.3) is 0 Å². The largest absolute Gasteiger partial charge is 0.341 e. The molecule has 6 nitrogen and oxygen atoms in total. The molecule has 0 radical (unpaired) electrons. The highest BCUT2D eigenvalue weighted by atomic mass is 16.2. The van der Waals surface area contributed by atoms with E-state index in [1.165, 1.54) is 5.56 Å². The molecule has 1 aromatic heterocycles. The number of carbonyl (C=O) groups is 2. The van der Waals surface area contributed by atoms with Gasteiger partial charge in [0.1, 0.15) is 0 Å². The van der Waals surface area contributed by atoms with Crippen LogP contribution in [0.15, 0.2) is 48.8 Å². The Labute approximate surface area is 166 Å². The molecular formula is C22H28N4O2. The summed E-state index contributed by atoms with van der Waals surface area (Å²) in [4.78, 5) is 28.8. The maximum Gasteiger partial charge on any atom is 0.242 e. The van der Waals surface area contributed by atoms with Gasteiger partial charge in [-0.15, -0.1) is 0 Å². The number of carbonyl (C=O) groups excluding carboxylic acids is 2. The Morgan fingerprint density at radius 3 is 2.57 bits per heavy atom. The SMILES string of the molecule is O=C(CN1C[C@H](Cc2ccccc2)CC1=O)N1CCC(Cn2cccn2)CC1. The Bertz CT molecular complexity index is 782. The van der Waals surface area contributed by atoms with E-state index in [0.717, 1.165) is 38.9 Å². The van der Waals surface area contributed by atoms with Crippen molar-refractivity contribution in [1.29, 1.82) is 0 Å². The molecule has 0 N–H and O–H groups in total. The summed E-state index contributed by atoms with van der Waals surface area (Å²) in [5, 5.41) is 4.27. The van der Waals surface area contributed by atoms with Crippen LogP contribution in [-0.2, 0) is 22.6 Å². The van der Waals surface area contributed by atoms with Crippen molar-refractivity contribution in [1.82, 2.24) is 19.6 Å². The molecule has 6 heteroatoms. The molecule has 0 unspecified atom stereocenters. The number of hydrogen-bond acceptors (Lipinski definition) is 3. The van der Waals surface area contributed by atoms with E-state index in [9.17, 15) is 9.59 Å². The summed E-state index contributed by atoms with van der Waals surface area (Å²) in [6, 6.07) is 12.2. The van der Waals surface area contributed by atoms with Gasteiger partial charge in [-0.2, -0.15) is 5.10 Å². The number of aromatic nitrogens is 2. The van der Waals surface area contributed by atoms with Crippen LogP contribution in [0, 0.1) is 11.8 Å². The molecule has 0 spiro atoms. The number of rotatable bonds is 6. The van der Waals surface area contributed by atoms with Crippen molar-refractivity contribution in [2.24, 2.45) is 11.8 Å². The van der Waals surface area contributed by atoms with Crippen LogP contribution in [0.5, 0.6) is 0 Å². The molecule has 0 bridgehead atoms. The summed E-state index contributed by atoms with van der Waals surface area (Å²) in [6.07, 6.45) is 7.23. The van der Waals surface area contributed by atoms with E-state index in [2.05, 4.69) is 17.2 Å². The Balaban J connectivity index is 1.23. The van der Waals surface area contributed by atoms with Crippen molar-refractivity contribution >= 4 is 11.8 Å². The van der Waals surface area contributed by atoms with E-state index in [-0.39, 0.29) is 18.4 Å². The van der Waals surface area contributed by atoms with Crippen LogP contribution < -0.4 is 0 Å². The minimum absolute atomic E-state index is 0.0891. The van der Waals surface area contributed by atoms with Crippen LogP contribution in [0.2, 0.25) is 0 Å². The first kappa shape index (κ1) is 18.7. The first-order valence-electron chi connectivity index (χ1n) is 10.2. The van der Waals surface area contributed by atoms with Crippen molar-refractivity contribution in [3.63, 3.8) is 0 Å². The van der Waals surface area contributed by atoms with Gasteiger partial charge in [-0.25, -0.2) is 0 Å². The second-order valence-electron chi connectivity index (χ2n) is 8.09. The van der Waals surface area contributed by atoms with Gasteiger partial charge in [0.15, 0.2) is 0 Å². The molecule has 0 saturated carbocycles. The summed E-state index contributed by atoms with van der Waals surface area (Å²) in [5.74, 6) is 1.07. The van der Waals surface area contributed by atoms with Crippen LogP contribution in [-0.4, -0.2) is 57.6 Å². The highest BCUT2D eigenvalue weighted by Crippen LogP contribution is 2.23. The predicted molar refractivity (Wildman–Crippen MR) is 106 cm³/mol. The Morgan fingerprint density at radius 1 is 1.07 bits per heavy atom. The number of nitrogens with zero attached hydrogens (tertiary/aromatic N) is 4. The van der Waals surface area contributed by atoms with Crippen LogP contribution in [0.1, 0.15) is 24.8 Å². The molecule has 2 aliphatic heterocycles. The minimum atomic E-state index is 0.0891. The van der Waals surface area contributed by atoms with Gasteiger partial charge >= 0.3 is 0 Å². The van der Waals surface area contributed by atoms with Gasteiger partial charge in [0, 0.05) is 45.0 Å². The highest BCUT2D eigenvalue weighted by molar-refractivity contribution is 5.86. The van der Waals surface area contributed by atoms with E-state index in [4.69, 9.17) is 0 Å². The quantitative estimate of drug-likeness (QED) is 0.772. The number of piperidine rings is 1. The molecule has 148 valence electrons. The lowest BCUT2D eigenvalue weighted by Gasteiger charge is -2.33. The Kier molecular flexibility index (Phi) is 5.74. The minimum Gasteiger partial charge on any atom is -0.341 e. The number of hydrogen-bond donors (Lipinski definition) is 0. The summed E-state index contributed by atoms with van der Waals surface area (Å²) >= 11 is 0. The molecule has 2 fully saturated rings. The average Bonchev–Trinajstić information content (AvgIpc) is 3.33. The maximum atomic E-state index is 12.7. The number of likely N-dealkylation sites (tertiary alicyclic amines) is 2. The molecule has 28 heavy (non-hydrogen) atoms. The second kappa shape index (κ2) is 8.59. The van der Waals surface area contributed by atoms with Crippen LogP contribution in [0.3, 0.4) is 0 Å². The zero-order chi connectivity index (χ0) is 19.3. The monoisotopic (exact) mass is 380 g/mol. The van der Waals surface area contributed by atoms with E-state index >= 15 is 0 Å². The topological polar surface area (TPSA) is 58.4 Å². The fraction of sp³-hybridized carbons (Fsp3) is 0.500. The molecule has 2 amide bonds. The molecule has 2 aromatic rings. The lowest BCUT2D eigenvalue weighted by molar-refractivity contribution is -0.139. The third-order valence-corrected chi connectivity index (χ3v) is 5.96. The standard InChI is InChI=1S/C22H28N4O2/c27-21-14-20(13-18-5-2-1-3-6-18)15-25(21)17-22(28)24-11-7-19(8-12-24)16-26-10-4-9-23-26/h1-6,9-10,19-20H,7-8,11-17H2/t20-/m1/s1. The van der Waals surface area contributed by atoms with Gasteiger partial charge in [-0.05, 0) is 42.7 Å². The lowest BCUT2D eigenvalue weighted by Crippen LogP contribution is -2.45. The van der Waals surface area contributed by atoms with E-state index in [0.29, 0.717) is 24.8 Å². The van der Waals surface area contributed by atoms with E-state index in [1.807, 2.05) is 40.0 Å². The number of benzene rings is 1. The smallest absolute Gasteiger partial charge is 0.242 e. The highest BCUT2D eigenvalue weighted by Gasteiger charge is 2.32. The van der Waals surface area contributed by atoms with Crippen molar-refractivity contribution in [3.8, 4) is 0 Å². The summed E-state index contributed by atoms with van der Waals surface area (Å²) < 4.78 is 1.97. The fourth-order valence-electron chi connectivity index (χ4n) is 4.39. The average molecular weight is 380 g/mol. The van der Waals surface area contributed by atoms with Crippen molar-refractivity contribution in [2.45, 2.75) is 32.2 Å². The third kappa shape index (κ3) is 4.61. The summed E-state index contributed by atoms with van der Waals surface area (Å²) in [6.45, 7) is 3.39. The number of amides is 2. The van der Waals surface area contributed by atoms with E-state index < -0.39 is 0 Å².